The molecule has 2 aromatic heterocycles. The Morgan fingerprint density at radius 3 is 2.61 bits per heavy atom. The van der Waals surface area contributed by atoms with Gasteiger partial charge in [-0.05, 0) is 66.6 Å². The van der Waals surface area contributed by atoms with Gasteiger partial charge >= 0.3 is 0 Å². The van der Waals surface area contributed by atoms with Crippen LogP contribution in [0.5, 0.6) is 11.5 Å². The lowest BCUT2D eigenvalue weighted by Gasteiger charge is -2.28. The highest BCUT2D eigenvalue weighted by molar-refractivity contribution is 5.96. The minimum absolute atomic E-state index is 0.0306. The smallest absolute Gasteiger partial charge is 0.246 e. The molecule has 160 valence electrons. The number of fused-ring (bicyclic) bond motifs is 2. The van der Waals surface area contributed by atoms with Crippen LogP contribution < -0.4 is 9.47 Å². The van der Waals surface area contributed by atoms with Crippen molar-refractivity contribution in [3.63, 3.8) is 0 Å². The second-order valence-corrected chi connectivity index (χ2v) is 8.33. The van der Waals surface area contributed by atoms with Crippen LogP contribution in [-0.2, 0) is 24.8 Å². The molecule has 1 aliphatic carbocycles. The number of rotatable bonds is 5. The van der Waals surface area contributed by atoms with E-state index >= 15 is 0 Å². The van der Waals surface area contributed by atoms with Crippen LogP contribution in [-0.4, -0.2) is 41.1 Å². The molecule has 3 heterocycles. The van der Waals surface area contributed by atoms with Gasteiger partial charge in [0, 0.05) is 49.1 Å². The maximum atomic E-state index is 13.1. The van der Waals surface area contributed by atoms with E-state index < -0.39 is 0 Å². The van der Waals surface area contributed by atoms with Gasteiger partial charge < -0.3 is 18.9 Å². The molecular weight excluding hydrogens is 390 g/mol. The Kier molecular flexibility index (Phi) is 4.93. The Bertz CT molecular complexity index is 1190. The summed E-state index contributed by atoms with van der Waals surface area (Å²) in [7, 11) is 5.35. The Balaban J connectivity index is 1.41. The van der Waals surface area contributed by atoms with Crippen molar-refractivity contribution in [1.82, 2.24) is 14.5 Å². The molecule has 0 spiro atoms. The van der Waals surface area contributed by atoms with Gasteiger partial charge in [0.15, 0.2) is 11.5 Å². The van der Waals surface area contributed by atoms with Crippen molar-refractivity contribution in [2.75, 3.05) is 20.8 Å². The summed E-state index contributed by atoms with van der Waals surface area (Å²) in [6, 6.07) is 8.06. The number of nitrogens with zero attached hydrogens (tertiary/aromatic N) is 3. The summed E-state index contributed by atoms with van der Waals surface area (Å²) >= 11 is 0. The summed E-state index contributed by atoms with van der Waals surface area (Å²) in [6.45, 7) is 1.27. The number of carbonyl (C=O) groups is 1. The molecule has 0 N–H and O–H groups in total. The third-order valence-electron chi connectivity index (χ3n) is 6.42. The minimum Gasteiger partial charge on any atom is -0.493 e. The van der Waals surface area contributed by atoms with Crippen molar-refractivity contribution in [1.29, 1.82) is 0 Å². The molecule has 6 heteroatoms. The SMILES string of the molecule is COc1cc2c(cc1OC)CN(C(=O)/C=C/c1c(C3CC3)n(C)c3ncccc13)CC2. The van der Waals surface area contributed by atoms with E-state index in [4.69, 9.17) is 9.47 Å². The molecule has 0 saturated heterocycles. The molecule has 1 amide bonds. The van der Waals surface area contributed by atoms with Gasteiger partial charge in [-0.25, -0.2) is 4.98 Å². The van der Waals surface area contributed by atoms with Crippen LogP contribution in [0.4, 0.5) is 0 Å². The monoisotopic (exact) mass is 417 g/mol. The van der Waals surface area contributed by atoms with E-state index in [9.17, 15) is 4.79 Å². The molecule has 0 bridgehead atoms. The Morgan fingerprint density at radius 1 is 1.16 bits per heavy atom. The Labute approximate surface area is 182 Å². The van der Waals surface area contributed by atoms with Crippen LogP contribution in [0.2, 0.25) is 0 Å². The summed E-state index contributed by atoms with van der Waals surface area (Å²) in [5, 5.41) is 1.11. The number of benzene rings is 1. The van der Waals surface area contributed by atoms with Gasteiger partial charge in [0.05, 0.1) is 14.2 Å². The lowest BCUT2D eigenvalue weighted by Crippen LogP contribution is -2.34. The number of methoxy groups -OCH3 is 2. The van der Waals surface area contributed by atoms with Gasteiger partial charge in [0.25, 0.3) is 0 Å². The second kappa shape index (κ2) is 7.76. The van der Waals surface area contributed by atoms with Gasteiger partial charge in [0.1, 0.15) is 5.65 Å². The normalized spacial score (nSPS) is 16.0. The topological polar surface area (TPSA) is 56.6 Å². The molecule has 0 radical (unpaired) electrons. The zero-order valence-electron chi connectivity index (χ0n) is 18.2. The first-order valence-electron chi connectivity index (χ1n) is 10.7. The summed E-state index contributed by atoms with van der Waals surface area (Å²) < 4.78 is 13.0. The summed E-state index contributed by atoms with van der Waals surface area (Å²) in [4.78, 5) is 19.5. The Hall–Kier alpha value is -3.28. The second-order valence-electron chi connectivity index (χ2n) is 8.33. The highest BCUT2D eigenvalue weighted by Gasteiger charge is 2.30. The van der Waals surface area contributed by atoms with E-state index in [0.29, 0.717) is 24.8 Å². The van der Waals surface area contributed by atoms with Crippen LogP contribution in [0.25, 0.3) is 17.1 Å². The van der Waals surface area contributed by atoms with Crippen LogP contribution in [0.3, 0.4) is 0 Å². The quantitative estimate of drug-likeness (QED) is 0.588. The Morgan fingerprint density at radius 2 is 1.90 bits per heavy atom. The van der Waals surface area contributed by atoms with Crippen molar-refractivity contribution in [2.45, 2.75) is 31.7 Å². The van der Waals surface area contributed by atoms with Crippen LogP contribution in [0, 0.1) is 0 Å². The van der Waals surface area contributed by atoms with Crippen LogP contribution >= 0.6 is 0 Å². The first-order valence-corrected chi connectivity index (χ1v) is 10.7. The molecule has 6 nitrogen and oxygen atoms in total. The van der Waals surface area contributed by atoms with E-state index in [1.54, 1.807) is 20.3 Å². The predicted molar refractivity (Wildman–Crippen MR) is 120 cm³/mol. The van der Waals surface area contributed by atoms with Gasteiger partial charge in [0.2, 0.25) is 5.91 Å². The number of hydrogen-bond donors (Lipinski definition) is 0. The van der Waals surface area contributed by atoms with E-state index in [1.807, 2.05) is 35.4 Å². The first-order chi connectivity index (χ1) is 15.1. The lowest BCUT2D eigenvalue weighted by molar-refractivity contribution is -0.126. The fourth-order valence-corrected chi connectivity index (χ4v) is 4.66. The molecule has 0 atom stereocenters. The zero-order valence-corrected chi connectivity index (χ0v) is 18.2. The fourth-order valence-electron chi connectivity index (χ4n) is 4.66. The summed E-state index contributed by atoms with van der Waals surface area (Å²) in [5.41, 5.74) is 5.72. The zero-order chi connectivity index (χ0) is 21.5. The van der Waals surface area contributed by atoms with Crippen LogP contribution in [0.1, 0.15) is 41.1 Å². The maximum Gasteiger partial charge on any atom is 0.246 e. The number of aryl methyl sites for hydroxylation is 1. The van der Waals surface area contributed by atoms with E-state index in [2.05, 4.69) is 22.7 Å². The van der Waals surface area contributed by atoms with Gasteiger partial charge in [-0.15, -0.1) is 0 Å². The number of carbonyl (C=O) groups excluding carboxylic acids is 1. The first kappa shape index (κ1) is 19.7. The molecule has 1 aromatic carbocycles. The number of amides is 1. The number of aromatic nitrogens is 2. The number of ether oxygens (including phenoxy) is 2. The van der Waals surface area contributed by atoms with Crippen molar-refractivity contribution in [2.24, 2.45) is 7.05 Å². The molecule has 2 aliphatic rings. The van der Waals surface area contributed by atoms with Crippen molar-refractivity contribution in [3.05, 3.63) is 58.9 Å². The van der Waals surface area contributed by atoms with E-state index in [0.717, 1.165) is 34.3 Å². The third kappa shape index (κ3) is 3.46. The maximum absolute atomic E-state index is 13.1. The lowest BCUT2D eigenvalue weighted by atomic mass is 9.98. The van der Waals surface area contributed by atoms with Crippen molar-refractivity contribution < 1.29 is 14.3 Å². The third-order valence-corrected chi connectivity index (χ3v) is 6.42. The molecular formula is C25H27N3O3. The molecule has 1 saturated carbocycles. The van der Waals surface area contributed by atoms with Crippen LogP contribution in [0.15, 0.2) is 36.5 Å². The van der Waals surface area contributed by atoms with Crippen molar-refractivity contribution >= 4 is 23.0 Å². The van der Waals surface area contributed by atoms with E-state index in [1.165, 1.54) is 24.1 Å². The summed E-state index contributed by atoms with van der Waals surface area (Å²) in [5.74, 6) is 2.03. The molecule has 1 aliphatic heterocycles. The predicted octanol–water partition coefficient (Wildman–Crippen LogP) is 4.07. The van der Waals surface area contributed by atoms with Gasteiger partial charge in [-0.1, -0.05) is 0 Å². The molecule has 5 rings (SSSR count). The number of hydrogen-bond acceptors (Lipinski definition) is 4. The highest BCUT2D eigenvalue weighted by atomic mass is 16.5. The molecule has 0 unspecified atom stereocenters. The average molecular weight is 418 g/mol. The molecule has 1 fully saturated rings. The van der Waals surface area contributed by atoms with Gasteiger partial charge in [-0.2, -0.15) is 0 Å². The average Bonchev–Trinajstić information content (AvgIpc) is 3.60. The van der Waals surface area contributed by atoms with E-state index in [-0.39, 0.29) is 5.91 Å². The number of pyridine rings is 1. The standard InChI is InChI=1S/C25H27N3O3/c1-27-24(16-6-7-16)19(20-5-4-11-26-25(20)27)8-9-23(29)28-12-10-17-13-21(30-2)22(31-3)14-18(17)15-28/h4-5,8-9,11,13-14,16H,6-7,10,12,15H2,1-3H3/b9-8+. The van der Waals surface area contributed by atoms with Gasteiger partial charge in [-0.3, -0.25) is 4.79 Å². The van der Waals surface area contributed by atoms with Crippen molar-refractivity contribution in [3.8, 4) is 11.5 Å². The molecule has 31 heavy (non-hydrogen) atoms. The minimum atomic E-state index is 0.0306. The summed E-state index contributed by atoms with van der Waals surface area (Å²) in [6.07, 6.45) is 8.75. The highest BCUT2D eigenvalue weighted by Crippen LogP contribution is 2.44. The molecule has 3 aromatic rings. The fraction of sp³-hybridized carbons (Fsp3) is 0.360. The largest absolute Gasteiger partial charge is 0.493 e.